The third-order valence-corrected chi connectivity index (χ3v) is 2.11. The van der Waals surface area contributed by atoms with Gasteiger partial charge >= 0.3 is 5.97 Å². The van der Waals surface area contributed by atoms with E-state index in [9.17, 15) is 25.0 Å². The lowest BCUT2D eigenvalue weighted by Gasteiger charge is -2.01. The van der Waals surface area contributed by atoms with Crippen LogP contribution in [0.25, 0.3) is 6.08 Å². The maximum atomic E-state index is 10.8. The number of nitrogens with zero attached hydrogens (tertiary/aromatic N) is 2. The lowest BCUT2D eigenvalue weighted by Crippen LogP contribution is -2.10. The van der Waals surface area contributed by atoms with Gasteiger partial charge in [0.25, 0.3) is 11.4 Å². The molecule has 0 saturated carbocycles. The first kappa shape index (κ1) is 14.3. The molecule has 0 aliphatic carbocycles. The molecule has 0 bridgehead atoms. The zero-order chi connectivity index (χ0) is 14.4. The molecule has 1 rings (SSSR count). The highest BCUT2D eigenvalue weighted by atomic mass is 16.6. The molecule has 100 valence electrons. The molecule has 0 atom stereocenters. The summed E-state index contributed by atoms with van der Waals surface area (Å²) in [4.78, 5) is 30.8. The van der Waals surface area contributed by atoms with Gasteiger partial charge in [0.05, 0.1) is 15.4 Å². The highest BCUT2D eigenvalue weighted by Gasteiger charge is 2.17. The maximum absolute atomic E-state index is 10.8. The maximum Gasteiger partial charge on any atom is 0.303 e. The van der Waals surface area contributed by atoms with Crippen LogP contribution in [-0.2, 0) is 9.53 Å². The quantitative estimate of drug-likeness (QED) is 0.456. The molecule has 1 aromatic carbocycles. The number of rotatable bonds is 5. The van der Waals surface area contributed by atoms with Crippen LogP contribution in [0.3, 0.4) is 0 Å². The average molecular weight is 266 g/mol. The van der Waals surface area contributed by atoms with E-state index >= 15 is 0 Å². The monoisotopic (exact) mass is 266 g/mol. The number of ether oxygens (including phenoxy) is 1. The molecule has 0 spiro atoms. The Balaban J connectivity index is 3.11. The Kier molecular flexibility index (Phi) is 4.69. The van der Waals surface area contributed by atoms with Gasteiger partial charge < -0.3 is 4.74 Å². The first-order valence-electron chi connectivity index (χ1n) is 5.13. The Morgan fingerprint density at radius 3 is 2.47 bits per heavy atom. The van der Waals surface area contributed by atoms with Gasteiger partial charge in [0.1, 0.15) is 0 Å². The lowest BCUT2D eigenvalue weighted by molar-refractivity contribution is -0.428. The number of carbonyl (C=O) groups excluding carboxylic acids is 1. The van der Waals surface area contributed by atoms with Gasteiger partial charge in [0, 0.05) is 19.1 Å². The Bertz CT molecular complexity index is 552. The van der Waals surface area contributed by atoms with Crippen molar-refractivity contribution < 1.29 is 19.4 Å². The van der Waals surface area contributed by atoms with Crippen molar-refractivity contribution in [2.45, 2.75) is 6.92 Å². The van der Waals surface area contributed by atoms with E-state index in [1.807, 2.05) is 0 Å². The van der Waals surface area contributed by atoms with Crippen LogP contribution in [0.2, 0.25) is 0 Å². The molecule has 0 aromatic heterocycles. The van der Waals surface area contributed by atoms with E-state index in [4.69, 9.17) is 0 Å². The minimum atomic E-state index is -0.750. The van der Waals surface area contributed by atoms with E-state index in [1.54, 1.807) is 0 Å². The molecule has 0 saturated heterocycles. The summed E-state index contributed by atoms with van der Waals surface area (Å²) in [5, 5.41) is 21.5. The third-order valence-electron chi connectivity index (χ3n) is 2.11. The number of nitro groups is 2. The Morgan fingerprint density at radius 1 is 1.32 bits per heavy atom. The standard InChI is InChI=1S/C11H10N2O6/c1-8(14)19-7-10(12(15)16)6-9-4-2-3-5-11(9)13(17)18/h2-6H,7H2,1H3/b10-6+. The first-order valence-corrected chi connectivity index (χ1v) is 5.13. The summed E-state index contributed by atoms with van der Waals surface area (Å²) in [7, 11) is 0. The second-order valence-corrected chi connectivity index (χ2v) is 3.49. The molecule has 0 amide bonds. The molecular weight excluding hydrogens is 256 g/mol. The summed E-state index contributed by atoms with van der Waals surface area (Å²) >= 11 is 0. The number of esters is 1. The lowest BCUT2D eigenvalue weighted by atomic mass is 10.1. The van der Waals surface area contributed by atoms with Gasteiger partial charge in [-0.05, 0) is 6.07 Å². The van der Waals surface area contributed by atoms with E-state index in [1.165, 1.54) is 24.3 Å². The van der Waals surface area contributed by atoms with Crippen LogP contribution in [-0.4, -0.2) is 22.4 Å². The van der Waals surface area contributed by atoms with Crippen LogP contribution >= 0.6 is 0 Å². The molecule has 0 fully saturated rings. The SMILES string of the molecule is CC(=O)OC/C(=C\c1ccccc1[N+](=O)[O-])[N+](=O)[O-]. The van der Waals surface area contributed by atoms with Crippen LogP contribution in [0.5, 0.6) is 0 Å². The third kappa shape index (κ3) is 4.19. The van der Waals surface area contributed by atoms with Gasteiger partial charge in [0.2, 0.25) is 0 Å². The summed E-state index contributed by atoms with van der Waals surface area (Å²) in [6.07, 6.45) is 1.01. The highest BCUT2D eigenvalue weighted by molar-refractivity contribution is 5.67. The molecule has 8 heteroatoms. The number of hydrogen-bond donors (Lipinski definition) is 0. The second-order valence-electron chi connectivity index (χ2n) is 3.49. The fraction of sp³-hybridized carbons (Fsp3) is 0.182. The van der Waals surface area contributed by atoms with Crippen molar-refractivity contribution >= 4 is 17.7 Å². The van der Waals surface area contributed by atoms with Crippen LogP contribution in [0, 0.1) is 20.2 Å². The molecule has 0 aliphatic rings. The number of para-hydroxylation sites is 1. The molecule has 0 aliphatic heterocycles. The summed E-state index contributed by atoms with van der Waals surface area (Å²) < 4.78 is 4.52. The Morgan fingerprint density at radius 2 is 1.95 bits per heavy atom. The summed E-state index contributed by atoms with van der Waals surface area (Å²) in [6.45, 7) is 0.566. The van der Waals surface area contributed by atoms with Crippen LogP contribution in [0.15, 0.2) is 30.0 Å². The van der Waals surface area contributed by atoms with E-state index in [0.29, 0.717) is 0 Å². The zero-order valence-electron chi connectivity index (χ0n) is 9.94. The van der Waals surface area contributed by atoms with Crippen molar-refractivity contribution in [2.24, 2.45) is 0 Å². The van der Waals surface area contributed by atoms with Crippen LogP contribution in [0.4, 0.5) is 5.69 Å². The second kappa shape index (κ2) is 6.24. The normalized spacial score (nSPS) is 10.9. The molecular formula is C11H10N2O6. The molecule has 0 radical (unpaired) electrons. The van der Waals surface area contributed by atoms with Crippen molar-refractivity contribution in [1.29, 1.82) is 0 Å². The molecule has 0 unspecified atom stereocenters. The van der Waals surface area contributed by atoms with E-state index in [-0.39, 0.29) is 11.3 Å². The Hall–Kier alpha value is -2.77. The molecule has 19 heavy (non-hydrogen) atoms. The molecule has 1 aromatic rings. The van der Waals surface area contributed by atoms with Gasteiger partial charge in [-0.25, -0.2) is 0 Å². The summed E-state index contributed by atoms with van der Waals surface area (Å²) in [6, 6.07) is 5.57. The minimum absolute atomic E-state index is 0.0753. The fourth-order valence-electron chi connectivity index (χ4n) is 1.28. The summed E-state index contributed by atoms with van der Waals surface area (Å²) in [5.74, 6) is -0.671. The van der Waals surface area contributed by atoms with Gasteiger partial charge in [-0.15, -0.1) is 0 Å². The number of hydrogen-bond acceptors (Lipinski definition) is 6. The predicted molar refractivity (Wildman–Crippen MR) is 64.7 cm³/mol. The van der Waals surface area contributed by atoms with Gasteiger partial charge in [-0.2, -0.15) is 0 Å². The van der Waals surface area contributed by atoms with Crippen molar-refractivity contribution in [3.8, 4) is 0 Å². The minimum Gasteiger partial charge on any atom is -0.454 e. The van der Waals surface area contributed by atoms with Crippen molar-refractivity contribution in [3.63, 3.8) is 0 Å². The van der Waals surface area contributed by atoms with Gasteiger partial charge in [-0.1, -0.05) is 12.1 Å². The molecule has 8 nitrogen and oxygen atoms in total. The number of carbonyl (C=O) groups is 1. The Labute approximate surface area is 107 Å². The van der Waals surface area contributed by atoms with Crippen LogP contribution in [0.1, 0.15) is 12.5 Å². The zero-order valence-corrected chi connectivity index (χ0v) is 9.94. The summed E-state index contributed by atoms with van der Waals surface area (Å²) in [5.41, 5.74) is -0.625. The van der Waals surface area contributed by atoms with E-state index < -0.39 is 28.1 Å². The van der Waals surface area contributed by atoms with E-state index in [0.717, 1.165) is 13.0 Å². The first-order chi connectivity index (χ1) is 8.91. The van der Waals surface area contributed by atoms with Gasteiger partial charge in [0.15, 0.2) is 6.61 Å². The number of nitro benzene ring substituents is 1. The number of benzene rings is 1. The highest BCUT2D eigenvalue weighted by Crippen LogP contribution is 2.20. The van der Waals surface area contributed by atoms with Crippen molar-refractivity contribution in [3.05, 3.63) is 55.8 Å². The molecule has 0 heterocycles. The van der Waals surface area contributed by atoms with Gasteiger partial charge in [-0.3, -0.25) is 25.0 Å². The van der Waals surface area contributed by atoms with Crippen molar-refractivity contribution in [2.75, 3.05) is 6.61 Å². The molecule has 0 N–H and O–H groups in total. The fourth-order valence-corrected chi connectivity index (χ4v) is 1.28. The topological polar surface area (TPSA) is 113 Å². The van der Waals surface area contributed by atoms with Crippen LogP contribution < -0.4 is 0 Å². The predicted octanol–water partition coefficient (Wildman–Crippen LogP) is 1.78. The van der Waals surface area contributed by atoms with Crippen molar-refractivity contribution in [1.82, 2.24) is 0 Å². The smallest absolute Gasteiger partial charge is 0.303 e. The largest absolute Gasteiger partial charge is 0.454 e. The van der Waals surface area contributed by atoms with E-state index in [2.05, 4.69) is 4.74 Å². The average Bonchev–Trinajstić information content (AvgIpc) is 2.34.